The van der Waals surface area contributed by atoms with Gasteiger partial charge in [-0.3, -0.25) is 14.5 Å². The fourth-order valence-corrected chi connectivity index (χ4v) is 4.62. The van der Waals surface area contributed by atoms with E-state index in [9.17, 15) is 9.59 Å². The summed E-state index contributed by atoms with van der Waals surface area (Å²) in [6, 6.07) is 9.47. The predicted octanol–water partition coefficient (Wildman–Crippen LogP) is 5.12. The Morgan fingerprint density at radius 3 is 2.69 bits per heavy atom. The molecule has 1 heterocycles. The van der Waals surface area contributed by atoms with Gasteiger partial charge in [-0.1, -0.05) is 61.5 Å². The van der Waals surface area contributed by atoms with E-state index in [1.807, 2.05) is 36.4 Å². The minimum atomic E-state index is -0.0719. The van der Waals surface area contributed by atoms with Gasteiger partial charge in [0.15, 0.2) is 5.78 Å². The van der Waals surface area contributed by atoms with E-state index in [1.54, 1.807) is 17.1 Å². The second-order valence-electron chi connectivity index (χ2n) is 7.55. The number of hydrogen-bond acceptors (Lipinski definition) is 3. The third-order valence-electron chi connectivity index (χ3n) is 5.13. The molecule has 1 amide bonds. The number of allylic oxidation sites excluding steroid dienone is 5. The molecule has 2 aliphatic rings. The molecule has 1 unspecified atom stereocenters. The molecule has 136 valence electrons. The maximum atomic E-state index is 12.5. The zero-order valence-electron chi connectivity index (χ0n) is 15.6. The zero-order chi connectivity index (χ0) is 18.7. The van der Waals surface area contributed by atoms with Crippen LogP contribution in [-0.4, -0.2) is 17.4 Å². The van der Waals surface area contributed by atoms with Crippen LogP contribution >= 0.6 is 11.8 Å². The van der Waals surface area contributed by atoms with Crippen molar-refractivity contribution in [2.24, 2.45) is 11.3 Å². The fraction of sp³-hybridized carbons (Fsp3) is 0.364. The SMILES string of the molecule is CC1=CCCC(C)(C)C1/C=C/C(=O)/C=C1\SCC(=O)N1c1ccccc1. The molecule has 3 rings (SSSR count). The Kier molecular flexibility index (Phi) is 5.52. The quantitative estimate of drug-likeness (QED) is 0.548. The fourth-order valence-electron chi connectivity index (χ4n) is 3.69. The first-order chi connectivity index (χ1) is 12.4. The maximum absolute atomic E-state index is 12.5. The first kappa shape index (κ1) is 18.7. The number of ketones is 1. The number of hydrogen-bond donors (Lipinski definition) is 0. The highest BCUT2D eigenvalue weighted by molar-refractivity contribution is 8.04. The minimum Gasteiger partial charge on any atom is -0.290 e. The van der Waals surface area contributed by atoms with Crippen LogP contribution in [0, 0.1) is 11.3 Å². The third-order valence-corrected chi connectivity index (χ3v) is 6.12. The number of nitrogens with zero attached hydrogens (tertiary/aromatic N) is 1. The monoisotopic (exact) mass is 367 g/mol. The van der Waals surface area contributed by atoms with Crippen molar-refractivity contribution in [3.05, 3.63) is 65.2 Å². The van der Waals surface area contributed by atoms with Gasteiger partial charge in [-0.05, 0) is 43.4 Å². The van der Waals surface area contributed by atoms with Crippen LogP contribution in [0.4, 0.5) is 5.69 Å². The molecule has 1 fully saturated rings. The van der Waals surface area contributed by atoms with Gasteiger partial charge in [0.05, 0.1) is 10.8 Å². The van der Waals surface area contributed by atoms with Crippen molar-refractivity contribution in [1.29, 1.82) is 0 Å². The van der Waals surface area contributed by atoms with E-state index in [-0.39, 0.29) is 23.0 Å². The molecule has 0 N–H and O–H groups in total. The van der Waals surface area contributed by atoms with Crippen molar-refractivity contribution in [2.75, 3.05) is 10.7 Å². The molecule has 3 nitrogen and oxygen atoms in total. The second kappa shape index (κ2) is 7.67. The van der Waals surface area contributed by atoms with Crippen LogP contribution in [0.5, 0.6) is 0 Å². The second-order valence-corrected chi connectivity index (χ2v) is 8.55. The summed E-state index contributed by atoms with van der Waals surface area (Å²) in [7, 11) is 0. The summed E-state index contributed by atoms with van der Waals surface area (Å²) < 4.78 is 0. The van der Waals surface area contributed by atoms with E-state index in [0.29, 0.717) is 10.8 Å². The van der Waals surface area contributed by atoms with Crippen molar-refractivity contribution in [3.8, 4) is 0 Å². The van der Waals surface area contributed by atoms with E-state index in [4.69, 9.17) is 0 Å². The van der Waals surface area contributed by atoms with Gasteiger partial charge in [0.1, 0.15) is 0 Å². The Morgan fingerprint density at radius 1 is 1.27 bits per heavy atom. The molecular weight excluding hydrogens is 342 g/mol. The first-order valence-electron chi connectivity index (χ1n) is 9.00. The molecule has 4 heteroatoms. The molecule has 1 aliphatic heterocycles. The molecule has 26 heavy (non-hydrogen) atoms. The van der Waals surface area contributed by atoms with Gasteiger partial charge < -0.3 is 0 Å². The largest absolute Gasteiger partial charge is 0.290 e. The molecule has 1 aromatic carbocycles. The van der Waals surface area contributed by atoms with Gasteiger partial charge in [0.25, 0.3) is 0 Å². The van der Waals surface area contributed by atoms with E-state index < -0.39 is 0 Å². The molecule has 0 aromatic heterocycles. The van der Waals surface area contributed by atoms with Crippen molar-refractivity contribution < 1.29 is 9.59 Å². The Labute approximate surface area is 159 Å². The van der Waals surface area contributed by atoms with Gasteiger partial charge in [0.2, 0.25) is 5.91 Å². The molecule has 1 atom stereocenters. The Balaban J connectivity index is 1.79. The summed E-state index contributed by atoms with van der Waals surface area (Å²) in [4.78, 5) is 26.4. The van der Waals surface area contributed by atoms with Crippen LogP contribution in [0.3, 0.4) is 0 Å². The summed E-state index contributed by atoms with van der Waals surface area (Å²) in [5.74, 6) is 0.588. The standard InChI is InChI=1S/C22H25NO2S/c1-16-8-7-13-22(2,3)19(16)12-11-18(24)14-21-23(20(25)15-26-21)17-9-5-4-6-10-17/h4-6,8-12,14,19H,7,13,15H2,1-3H3/b12-11+,21-14-. The lowest BCUT2D eigenvalue weighted by molar-refractivity contribution is -0.115. The van der Waals surface area contributed by atoms with Crippen LogP contribution in [0.25, 0.3) is 0 Å². The van der Waals surface area contributed by atoms with Gasteiger partial charge >= 0.3 is 0 Å². The number of carbonyl (C=O) groups excluding carboxylic acids is 2. The van der Waals surface area contributed by atoms with E-state index in [0.717, 1.165) is 18.5 Å². The van der Waals surface area contributed by atoms with Crippen molar-refractivity contribution in [1.82, 2.24) is 0 Å². The lowest BCUT2D eigenvalue weighted by Crippen LogP contribution is -2.26. The topological polar surface area (TPSA) is 37.4 Å². The number of carbonyl (C=O) groups is 2. The maximum Gasteiger partial charge on any atom is 0.242 e. The Bertz CT molecular complexity index is 790. The average molecular weight is 368 g/mol. The number of benzene rings is 1. The summed E-state index contributed by atoms with van der Waals surface area (Å²) in [5.41, 5.74) is 2.30. The predicted molar refractivity (Wildman–Crippen MR) is 109 cm³/mol. The van der Waals surface area contributed by atoms with Crippen LogP contribution < -0.4 is 4.90 Å². The average Bonchev–Trinajstić information content (AvgIpc) is 2.95. The normalized spacial score (nSPS) is 24.3. The van der Waals surface area contributed by atoms with Crippen LogP contribution in [-0.2, 0) is 9.59 Å². The number of thioether (sulfide) groups is 1. The summed E-state index contributed by atoms with van der Waals surface area (Å²) in [6.07, 6.45) is 9.76. The highest BCUT2D eigenvalue weighted by Gasteiger charge is 2.31. The molecular formula is C22H25NO2S. The molecule has 0 saturated carbocycles. The highest BCUT2D eigenvalue weighted by atomic mass is 32.2. The Hall–Kier alpha value is -2.07. The van der Waals surface area contributed by atoms with Gasteiger partial charge in [0, 0.05) is 17.7 Å². The van der Waals surface area contributed by atoms with Crippen molar-refractivity contribution in [3.63, 3.8) is 0 Å². The number of anilines is 1. The molecule has 0 spiro atoms. The van der Waals surface area contributed by atoms with E-state index in [1.165, 1.54) is 17.3 Å². The molecule has 1 aromatic rings. The molecule has 0 radical (unpaired) electrons. The van der Waals surface area contributed by atoms with Crippen LogP contribution in [0.1, 0.15) is 33.6 Å². The number of amides is 1. The van der Waals surface area contributed by atoms with Crippen LogP contribution in [0.2, 0.25) is 0 Å². The van der Waals surface area contributed by atoms with E-state index >= 15 is 0 Å². The first-order valence-corrected chi connectivity index (χ1v) is 9.98. The smallest absolute Gasteiger partial charge is 0.242 e. The van der Waals surface area contributed by atoms with Gasteiger partial charge in [-0.25, -0.2) is 0 Å². The molecule has 1 aliphatic carbocycles. The summed E-state index contributed by atoms with van der Waals surface area (Å²) in [5, 5.41) is 0.700. The van der Waals surface area contributed by atoms with Crippen molar-refractivity contribution >= 4 is 29.1 Å². The third kappa shape index (κ3) is 4.01. The van der Waals surface area contributed by atoms with Gasteiger partial charge in [-0.2, -0.15) is 0 Å². The zero-order valence-corrected chi connectivity index (χ0v) is 16.4. The molecule has 0 bridgehead atoms. The van der Waals surface area contributed by atoms with Crippen LogP contribution in [0.15, 0.2) is 65.2 Å². The summed E-state index contributed by atoms with van der Waals surface area (Å²) >= 11 is 1.41. The van der Waals surface area contributed by atoms with Gasteiger partial charge in [-0.15, -0.1) is 0 Å². The highest BCUT2D eigenvalue weighted by Crippen LogP contribution is 2.41. The Morgan fingerprint density at radius 2 is 2.00 bits per heavy atom. The van der Waals surface area contributed by atoms with E-state index in [2.05, 4.69) is 26.8 Å². The molecule has 1 saturated heterocycles. The number of para-hydroxylation sites is 1. The summed E-state index contributed by atoms with van der Waals surface area (Å²) in [6.45, 7) is 6.65. The lowest BCUT2D eigenvalue weighted by Gasteiger charge is -2.36. The number of rotatable bonds is 4. The van der Waals surface area contributed by atoms with Crippen molar-refractivity contribution in [2.45, 2.75) is 33.6 Å². The lowest BCUT2D eigenvalue weighted by atomic mass is 9.68. The minimum absolute atomic E-state index is 0.0106.